The Kier molecular flexibility index (Phi) is 5.70. The van der Waals surface area contributed by atoms with E-state index in [-0.39, 0.29) is 11.8 Å². The fourth-order valence-electron chi connectivity index (χ4n) is 4.07. The largest absolute Gasteiger partial charge is 0.344 e. The van der Waals surface area contributed by atoms with Crippen molar-refractivity contribution in [2.75, 3.05) is 18.4 Å². The third-order valence-corrected chi connectivity index (χ3v) is 5.76. The molecule has 2 amide bonds. The highest BCUT2D eigenvalue weighted by atomic mass is 16.2. The number of carbonyl (C=O) groups excluding carboxylic acids is 2. The summed E-state index contributed by atoms with van der Waals surface area (Å²) in [6.45, 7) is 6.33. The molecule has 1 aromatic heterocycles. The second-order valence-electron chi connectivity index (χ2n) is 7.89. The average molecular weight is 402 g/mol. The highest BCUT2D eigenvalue weighted by Crippen LogP contribution is 2.20. The number of hydrogen-bond acceptors (Lipinski definition) is 2. The van der Waals surface area contributed by atoms with Crippen LogP contribution in [-0.2, 0) is 6.54 Å². The van der Waals surface area contributed by atoms with Crippen molar-refractivity contribution in [1.82, 2.24) is 9.47 Å². The molecule has 2 aromatic carbocycles. The lowest BCUT2D eigenvalue weighted by Gasteiger charge is -2.16. The molecule has 2 heterocycles. The number of nitrogens with one attached hydrogen (secondary N) is 1. The Morgan fingerprint density at radius 1 is 0.933 bits per heavy atom. The number of anilines is 1. The van der Waals surface area contributed by atoms with Crippen LogP contribution in [-0.4, -0.2) is 34.4 Å². The Labute approximate surface area is 177 Å². The van der Waals surface area contributed by atoms with Gasteiger partial charge in [-0.25, -0.2) is 0 Å². The number of aryl methyl sites for hydroxylation is 1. The first-order valence-corrected chi connectivity index (χ1v) is 10.4. The van der Waals surface area contributed by atoms with Crippen LogP contribution in [0, 0.1) is 13.8 Å². The van der Waals surface area contributed by atoms with Crippen molar-refractivity contribution in [3.05, 3.63) is 88.7 Å². The molecule has 0 radical (unpaired) electrons. The summed E-state index contributed by atoms with van der Waals surface area (Å²) < 4.78 is 2.15. The molecule has 0 unspecified atom stereocenters. The first-order valence-electron chi connectivity index (χ1n) is 10.4. The summed E-state index contributed by atoms with van der Waals surface area (Å²) in [6, 6.07) is 19.3. The van der Waals surface area contributed by atoms with E-state index in [1.165, 1.54) is 5.56 Å². The van der Waals surface area contributed by atoms with E-state index in [1.54, 1.807) is 6.07 Å². The number of amides is 2. The molecule has 1 aliphatic rings. The van der Waals surface area contributed by atoms with Gasteiger partial charge in [0.25, 0.3) is 11.8 Å². The maximum Gasteiger partial charge on any atom is 0.257 e. The second-order valence-corrected chi connectivity index (χ2v) is 7.89. The van der Waals surface area contributed by atoms with Crippen LogP contribution in [0.4, 0.5) is 5.69 Å². The van der Waals surface area contributed by atoms with Crippen LogP contribution >= 0.6 is 0 Å². The second kappa shape index (κ2) is 8.57. The molecule has 5 nitrogen and oxygen atoms in total. The highest BCUT2D eigenvalue weighted by Gasteiger charge is 2.20. The van der Waals surface area contributed by atoms with Crippen molar-refractivity contribution in [2.45, 2.75) is 33.2 Å². The summed E-state index contributed by atoms with van der Waals surface area (Å²) in [5.41, 5.74) is 5.07. The van der Waals surface area contributed by atoms with Crippen molar-refractivity contribution in [3.8, 4) is 0 Å². The minimum Gasteiger partial charge on any atom is -0.344 e. The van der Waals surface area contributed by atoms with Gasteiger partial charge in [-0.15, -0.1) is 0 Å². The van der Waals surface area contributed by atoms with Crippen LogP contribution in [0.1, 0.15) is 50.5 Å². The van der Waals surface area contributed by atoms with Crippen LogP contribution in [0.5, 0.6) is 0 Å². The third-order valence-electron chi connectivity index (χ3n) is 5.76. The zero-order chi connectivity index (χ0) is 21.1. The number of hydrogen-bond donors (Lipinski definition) is 1. The van der Waals surface area contributed by atoms with Crippen LogP contribution in [0.3, 0.4) is 0 Å². The van der Waals surface area contributed by atoms with Gasteiger partial charge >= 0.3 is 0 Å². The number of aromatic nitrogens is 1. The zero-order valence-corrected chi connectivity index (χ0v) is 17.5. The minimum atomic E-state index is -0.159. The molecule has 4 rings (SSSR count). The third kappa shape index (κ3) is 4.15. The van der Waals surface area contributed by atoms with Gasteiger partial charge in [0, 0.05) is 42.3 Å². The Balaban J connectivity index is 1.51. The molecule has 0 bridgehead atoms. The molecule has 1 fully saturated rings. The number of likely N-dealkylation sites (tertiary alicyclic amines) is 1. The molecule has 3 aromatic rings. The Morgan fingerprint density at radius 2 is 1.67 bits per heavy atom. The monoisotopic (exact) mass is 401 g/mol. The summed E-state index contributed by atoms with van der Waals surface area (Å²) in [6.07, 6.45) is 2.11. The van der Waals surface area contributed by atoms with Gasteiger partial charge in [-0.1, -0.05) is 36.4 Å². The Morgan fingerprint density at radius 3 is 2.40 bits per heavy atom. The lowest BCUT2D eigenvalue weighted by Crippen LogP contribution is -2.27. The van der Waals surface area contributed by atoms with Crippen LogP contribution < -0.4 is 5.32 Å². The number of rotatable bonds is 5. The van der Waals surface area contributed by atoms with E-state index >= 15 is 0 Å². The fraction of sp³-hybridized carbons (Fsp3) is 0.280. The quantitative estimate of drug-likeness (QED) is 0.677. The van der Waals surface area contributed by atoms with Crippen molar-refractivity contribution in [2.24, 2.45) is 0 Å². The van der Waals surface area contributed by atoms with Gasteiger partial charge in [0.15, 0.2) is 0 Å². The lowest BCUT2D eigenvalue weighted by atomic mass is 10.1. The van der Waals surface area contributed by atoms with Gasteiger partial charge in [0.05, 0.1) is 5.56 Å². The summed E-state index contributed by atoms with van der Waals surface area (Å²) in [7, 11) is 0. The van der Waals surface area contributed by atoms with Crippen molar-refractivity contribution < 1.29 is 9.59 Å². The van der Waals surface area contributed by atoms with Crippen LogP contribution in [0.25, 0.3) is 0 Å². The molecular weight excluding hydrogens is 374 g/mol. The number of benzene rings is 2. The molecule has 0 aliphatic carbocycles. The lowest BCUT2D eigenvalue weighted by molar-refractivity contribution is 0.0792. The maximum absolute atomic E-state index is 13.0. The first kappa shape index (κ1) is 20.0. The van der Waals surface area contributed by atoms with E-state index in [1.807, 2.05) is 61.2 Å². The number of carbonyl (C=O) groups is 2. The predicted molar refractivity (Wildman–Crippen MR) is 119 cm³/mol. The van der Waals surface area contributed by atoms with Crippen molar-refractivity contribution in [1.29, 1.82) is 0 Å². The minimum absolute atomic E-state index is 0.0321. The standard InChI is InChI=1S/C25H27N3O2/c1-18-15-23(19(2)28(18)17-20-9-4-3-5-10-20)24(29)26-22-12-8-11-21(16-22)25(30)27-13-6-7-14-27/h3-5,8-12,15-16H,6-7,13-14,17H2,1-2H3,(H,26,29). The van der Waals surface area contributed by atoms with Crippen LogP contribution in [0.2, 0.25) is 0 Å². The summed E-state index contributed by atoms with van der Waals surface area (Å²) >= 11 is 0. The van der Waals surface area contributed by atoms with E-state index < -0.39 is 0 Å². The van der Waals surface area contributed by atoms with Gasteiger partial charge in [-0.3, -0.25) is 9.59 Å². The van der Waals surface area contributed by atoms with E-state index in [9.17, 15) is 9.59 Å². The summed E-state index contributed by atoms with van der Waals surface area (Å²) in [5, 5.41) is 2.97. The summed E-state index contributed by atoms with van der Waals surface area (Å²) in [5.74, 6) is -0.127. The Bertz CT molecular complexity index is 1060. The molecule has 1 saturated heterocycles. The molecule has 1 aliphatic heterocycles. The summed E-state index contributed by atoms with van der Waals surface area (Å²) in [4.78, 5) is 27.5. The predicted octanol–water partition coefficient (Wildman–Crippen LogP) is 4.64. The molecule has 1 N–H and O–H groups in total. The fourth-order valence-corrected chi connectivity index (χ4v) is 4.07. The molecule has 5 heteroatoms. The van der Waals surface area contributed by atoms with Gasteiger partial charge in [-0.2, -0.15) is 0 Å². The van der Waals surface area contributed by atoms with Gasteiger partial charge in [-0.05, 0) is 56.5 Å². The normalized spacial score (nSPS) is 13.5. The van der Waals surface area contributed by atoms with E-state index in [0.29, 0.717) is 16.8 Å². The first-order chi connectivity index (χ1) is 14.5. The van der Waals surface area contributed by atoms with Gasteiger partial charge in [0.1, 0.15) is 0 Å². The number of nitrogens with zero attached hydrogens (tertiary/aromatic N) is 2. The van der Waals surface area contributed by atoms with Crippen molar-refractivity contribution >= 4 is 17.5 Å². The zero-order valence-electron chi connectivity index (χ0n) is 17.5. The average Bonchev–Trinajstić information content (AvgIpc) is 3.39. The van der Waals surface area contributed by atoms with Gasteiger partial charge < -0.3 is 14.8 Å². The molecule has 0 spiro atoms. The van der Waals surface area contributed by atoms with E-state index in [4.69, 9.17) is 0 Å². The van der Waals surface area contributed by atoms with Crippen molar-refractivity contribution in [3.63, 3.8) is 0 Å². The topological polar surface area (TPSA) is 54.3 Å². The SMILES string of the molecule is Cc1cc(C(=O)Nc2cccc(C(=O)N3CCCC3)c2)c(C)n1Cc1ccccc1. The molecular formula is C25H27N3O2. The molecule has 0 saturated carbocycles. The molecule has 154 valence electrons. The Hall–Kier alpha value is -3.34. The molecule has 30 heavy (non-hydrogen) atoms. The molecule has 0 atom stereocenters. The smallest absolute Gasteiger partial charge is 0.257 e. The highest BCUT2D eigenvalue weighted by molar-refractivity contribution is 6.06. The van der Waals surface area contributed by atoms with E-state index in [2.05, 4.69) is 22.0 Å². The maximum atomic E-state index is 13.0. The van der Waals surface area contributed by atoms with Gasteiger partial charge in [0.2, 0.25) is 0 Å². The van der Waals surface area contributed by atoms with E-state index in [0.717, 1.165) is 43.9 Å². The van der Waals surface area contributed by atoms with Crippen LogP contribution in [0.15, 0.2) is 60.7 Å².